The van der Waals surface area contributed by atoms with Gasteiger partial charge in [-0.15, -0.1) is 0 Å². The summed E-state index contributed by atoms with van der Waals surface area (Å²) in [6.07, 6.45) is 0.857. The zero-order valence-electron chi connectivity index (χ0n) is 17.6. The lowest BCUT2D eigenvalue weighted by atomic mass is 9.91. The lowest BCUT2D eigenvalue weighted by Gasteiger charge is -2.28. The van der Waals surface area contributed by atoms with Crippen LogP contribution in [0.1, 0.15) is 50.3 Å². The van der Waals surface area contributed by atoms with Crippen LogP contribution in [0.5, 0.6) is 0 Å². The molecule has 0 radical (unpaired) electrons. The fourth-order valence-corrected chi connectivity index (χ4v) is 3.36. The zero-order valence-corrected chi connectivity index (χ0v) is 17.6. The maximum atomic E-state index is 13.6. The lowest BCUT2D eigenvalue weighted by molar-refractivity contribution is -0.135. The number of hydrogen-bond acceptors (Lipinski definition) is 3. The molecule has 0 fully saturated rings. The number of rotatable bonds is 6. The lowest BCUT2D eigenvalue weighted by Crippen LogP contribution is -2.38. The van der Waals surface area contributed by atoms with Gasteiger partial charge >= 0.3 is 0 Å². The van der Waals surface area contributed by atoms with E-state index in [0.717, 1.165) is 16.8 Å². The van der Waals surface area contributed by atoms with Gasteiger partial charge in [0.05, 0.1) is 12.3 Å². The van der Waals surface area contributed by atoms with Gasteiger partial charge < -0.3 is 9.74 Å². The highest BCUT2D eigenvalue weighted by Gasteiger charge is 2.28. The number of amides is 1. The minimum Gasteiger partial charge on any atom is -0.390 e. The van der Waals surface area contributed by atoms with E-state index in [4.69, 9.17) is 4.84 Å². The first kappa shape index (κ1) is 21.0. The summed E-state index contributed by atoms with van der Waals surface area (Å²) in [6.45, 7) is 8.93. The van der Waals surface area contributed by atoms with Gasteiger partial charge in [-0.05, 0) is 35.6 Å². The Labute approximate surface area is 172 Å². The van der Waals surface area contributed by atoms with Gasteiger partial charge in [0.1, 0.15) is 5.82 Å². The van der Waals surface area contributed by atoms with E-state index in [9.17, 15) is 9.18 Å². The number of nitrogens with zero attached hydrogens (tertiary/aromatic N) is 2. The van der Waals surface area contributed by atoms with Crippen molar-refractivity contribution in [3.05, 3.63) is 71.0 Å². The predicted molar refractivity (Wildman–Crippen MR) is 113 cm³/mol. The SMILES string of the molecule is Cc1ccc(C2=NO[C@@H](CN(Cc3cccc(F)c3)C(=O)CC(C)(C)C)C2)cc1. The average molecular weight is 397 g/mol. The minimum atomic E-state index is -0.298. The fraction of sp³-hybridized carbons (Fsp3) is 0.417. The molecule has 29 heavy (non-hydrogen) atoms. The van der Waals surface area contributed by atoms with E-state index in [1.165, 1.54) is 17.7 Å². The highest BCUT2D eigenvalue weighted by molar-refractivity contribution is 6.01. The van der Waals surface area contributed by atoms with E-state index in [-0.39, 0.29) is 23.2 Å². The molecule has 0 saturated heterocycles. The molecule has 0 aromatic heterocycles. The van der Waals surface area contributed by atoms with Crippen molar-refractivity contribution < 1.29 is 14.0 Å². The molecule has 1 aliphatic heterocycles. The Morgan fingerprint density at radius 1 is 1.21 bits per heavy atom. The molecule has 2 aromatic rings. The van der Waals surface area contributed by atoms with Crippen LogP contribution in [0.25, 0.3) is 0 Å². The molecule has 5 heteroatoms. The van der Waals surface area contributed by atoms with E-state index in [1.54, 1.807) is 11.0 Å². The fourth-order valence-electron chi connectivity index (χ4n) is 3.36. The summed E-state index contributed by atoms with van der Waals surface area (Å²) in [5, 5.41) is 4.24. The quantitative estimate of drug-likeness (QED) is 0.682. The Morgan fingerprint density at radius 2 is 1.93 bits per heavy atom. The summed E-state index contributed by atoms with van der Waals surface area (Å²) in [7, 11) is 0. The number of carbonyl (C=O) groups excluding carboxylic acids is 1. The molecule has 0 bridgehead atoms. The van der Waals surface area contributed by atoms with Gasteiger partial charge in [0.2, 0.25) is 5.91 Å². The first-order valence-corrected chi connectivity index (χ1v) is 10.0. The Hall–Kier alpha value is -2.69. The molecule has 0 spiro atoms. The number of hydrogen-bond donors (Lipinski definition) is 0. The predicted octanol–water partition coefficient (Wildman–Crippen LogP) is 5.09. The molecule has 3 rings (SSSR count). The first-order valence-electron chi connectivity index (χ1n) is 10.0. The molecule has 1 heterocycles. The van der Waals surface area contributed by atoms with Crippen molar-refractivity contribution in [2.45, 2.75) is 53.2 Å². The molecule has 1 amide bonds. The maximum absolute atomic E-state index is 13.6. The van der Waals surface area contributed by atoms with E-state index in [2.05, 4.69) is 5.16 Å². The topological polar surface area (TPSA) is 41.9 Å². The Balaban J connectivity index is 1.69. The van der Waals surface area contributed by atoms with Crippen LogP contribution in [0.3, 0.4) is 0 Å². The van der Waals surface area contributed by atoms with Crippen LogP contribution >= 0.6 is 0 Å². The zero-order chi connectivity index (χ0) is 21.0. The summed E-state index contributed by atoms with van der Waals surface area (Å²) < 4.78 is 13.6. The van der Waals surface area contributed by atoms with Crippen LogP contribution in [0.15, 0.2) is 53.7 Å². The van der Waals surface area contributed by atoms with Crippen LogP contribution in [0.4, 0.5) is 4.39 Å². The molecule has 0 unspecified atom stereocenters. The maximum Gasteiger partial charge on any atom is 0.223 e. The van der Waals surface area contributed by atoms with Gasteiger partial charge in [0, 0.05) is 19.4 Å². The molecule has 154 valence electrons. The van der Waals surface area contributed by atoms with Gasteiger partial charge in [-0.2, -0.15) is 0 Å². The summed E-state index contributed by atoms with van der Waals surface area (Å²) in [5.41, 5.74) is 3.76. The number of halogens is 1. The highest BCUT2D eigenvalue weighted by Crippen LogP contribution is 2.23. The molecular weight excluding hydrogens is 367 g/mol. The second-order valence-corrected chi connectivity index (χ2v) is 8.98. The normalized spacial score (nSPS) is 16.3. The van der Waals surface area contributed by atoms with Gasteiger partial charge in [0.15, 0.2) is 6.10 Å². The third kappa shape index (κ3) is 6.14. The first-order chi connectivity index (χ1) is 13.7. The van der Waals surface area contributed by atoms with Crippen LogP contribution in [-0.4, -0.2) is 29.2 Å². The number of carbonyl (C=O) groups is 1. The summed E-state index contributed by atoms with van der Waals surface area (Å²) in [4.78, 5) is 20.4. The van der Waals surface area contributed by atoms with Crippen molar-refractivity contribution in [3.8, 4) is 0 Å². The average Bonchev–Trinajstić information content (AvgIpc) is 3.09. The number of benzene rings is 2. The van der Waals surface area contributed by atoms with Crippen molar-refractivity contribution >= 4 is 11.6 Å². The summed E-state index contributed by atoms with van der Waals surface area (Å²) >= 11 is 0. The molecule has 0 saturated carbocycles. The van der Waals surface area contributed by atoms with E-state index in [1.807, 2.05) is 58.0 Å². The molecular formula is C24H29FN2O2. The third-order valence-corrected chi connectivity index (χ3v) is 4.84. The molecule has 0 N–H and O–H groups in total. The van der Waals surface area contributed by atoms with Gasteiger partial charge in [0.25, 0.3) is 0 Å². The van der Waals surface area contributed by atoms with Gasteiger partial charge in [-0.25, -0.2) is 4.39 Å². The van der Waals surface area contributed by atoms with E-state index in [0.29, 0.717) is 25.9 Å². The van der Waals surface area contributed by atoms with Crippen LogP contribution < -0.4 is 0 Å². The standard InChI is InChI=1S/C24H29FN2O2/c1-17-8-10-19(11-9-17)22-13-21(29-26-22)16-27(23(28)14-24(2,3)4)15-18-6-5-7-20(25)12-18/h5-12,21H,13-16H2,1-4H3/t21-/m1/s1. The van der Waals surface area contributed by atoms with Gasteiger partial charge in [-0.1, -0.05) is 67.9 Å². The van der Waals surface area contributed by atoms with Crippen molar-refractivity contribution in [1.29, 1.82) is 0 Å². The van der Waals surface area contributed by atoms with Crippen LogP contribution in [0.2, 0.25) is 0 Å². The van der Waals surface area contributed by atoms with Crippen LogP contribution in [-0.2, 0) is 16.2 Å². The van der Waals surface area contributed by atoms with Crippen molar-refractivity contribution in [1.82, 2.24) is 4.90 Å². The van der Waals surface area contributed by atoms with Crippen molar-refractivity contribution in [2.24, 2.45) is 10.6 Å². The number of aryl methyl sites for hydroxylation is 1. The molecule has 2 aromatic carbocycles. The molecule has 1 atom stereocenters. The molecule has 0 aliphatic carbocycles. The van der Waals surface area contributed by atoms with Gasteiger partial charge in [-0.3, -0.25) is 4.79 Å². The Kier molecular flexibility index (Phi) is 6.36. The summed E-state index contributed by atoms with van der Waals surface area (Å²) in [6, 6.07) is 14.6. The van der Waals surface area contributed by atoms with Crippen molar-refractivity contribution in [2.75, 3.05) is 6.54 Å². The second kappa shape index (κ2) is 8.76. The second-order valence-electron chi connectivity index (χ2n) is 8.98. The Bertz CT molecular complexity index is 884. The van der Waals surface area contributed by atoms with E-state index >= 15 is 0 Å². The third-order valence-electron chi connectivity index (χ3n) is 4.84. The largest absolute Gasteiger partial charge is 0.390 e. The molecule has 4 nitrogen and oxygen atoms in total. The summed E-state index contributed by atoms with van der Waals surface area (Å²) in [5.74, 6) is -0.262. The van der Waals surface area contributed by atoms with E-state index < -0.39 is 0 Å². The molecule has 1 aliphatic rings. The van der Waals surface area contributed by atoms with Crippen LogP contribution in [0, 0.1) is 18.2 Å². The Morgan fingerprint density at radius 3 is 2.59 bits per heavy atom. The number of oxime groups is 1. The minimum absolute atomic E-state index is 0.0362. The highest BCUT2D eigenvalue weighted by atomic mass is 19.1. The monoisotopic (exact) mass is 396 g/mol. The smallest absolute Gasteiger partial charge is 0.223 e. The van der Waals surface area contributed by atoms with Crippen molar-refractivity contribution in [3.63, 3.8) is 0 Å².